The number of rotatable bonds is 12. The van der Waals surface area contributed by atoms with E-state index in [2.05, 4.69) is 40.3 Å². The number of fused-ring (bicyclic) bond motifs is 5. The maximum atomic E-state index is 17.2. The number of nitrogens with one attached hydrogen (secondary N) is 1. The zero-order chi connectivity index (χ0) is 50.4. The molecule has 10 atom stereocenters. The minimum absolute atomic E-state index is 0.0222. The second-order valence-corrected chi connectivity index (χ2v) is 25.4. The molecule has 3 aliphatic heterocycles. The third-order valence-electron chi connectivity index (χ3n) is 11.8. The molecule has 0 radical (unpaired) electrons. The molecule has 6 heterocycles. The minimum atomic E-state index is -4.89. The quantitative estimate of drug-likeness (QED) is 0.0591. The SMILES string of the molecule is O=C=O.[C-]#[N+]CCOP1(=O)OC[C@H]2O[C@@H](n3cnc4c(NC(=O)c5ccccc5)ncnc43)[C@H](F)[C@@H]2OP(=O)(OCC[N+]#[C-])OC[C@H]2O[C@@H](n3nnc4c(C)cccc43)[C@H](O1)[C@@H]2O[Si](C)(C)C(C)(C)C. The largest absolute Gasteiger partial charge is 0.475 e. The Balaban J connectivity index is 0.00000235. The molecule has 2 unspecified atom stereocenters. The highest BCUT2D eigenvalue weighted by Gasteiger charge is 2.58. The van der Waals surface area contributed by atoms with Crippen LogP contribution in [-0.2, 0) is 59.8 Å². The monoisotopic (exact) mass is 1030 g/mol. The van der Waals surface area contributed by atoms with Crippen LogP contribution in [0, 0.1) is 20.1 Å². The van der Waals surface area contributed by atoms with Crippen molar-refractivity contribution < 1.29 is 68.9 Å². The van der Waals surface area contributed by atoms with Crippen molar-refractivity contribution in [3.8, 4) is 0 Å². The van der Waals surface area contributed by atoms with Gasteiger partial charge in [0.25, 0.3) is 5.91 Å². The summed E-state index contributed by atoms with van der Waals surface area (Å²) in [4.78, 5) is 48.7. The third-order valence-corrected chi connectivity index (χ3v) is 19.2. The Labute approximate surface area is 401 Å². The highest BCUT2D eigenvalue weighted by atomic mass is 31.2. The molecular weight excluding hydrogens is 978 g/mol. The second kappa shape index (κ2) is 21.8. The first-order valence-corrected chi connectivity index (χ1v) is 27.5. The van der Waals surface area contributed by atoms with Crippen molar-refractivity contribution in [2.45, 2.75) is 95.0 Å². The van der Waals surface area contributed by atoms with Gasteiger partial charge in [0.05, 0.1) is 25.1 Å². The van der Waals surface area contributed by atoms with E-state index in [9.17, 15) is 9.36 Å². The molecule has 0 aliphatic carbocycles. The van der Waals surface area contributed by atoms with E-state index >= 15 is 8.96 Å². The number of aromatic nitrogens is 7. The lowest BCUT2D eigenvalue weighted by Gasteiger charge is -2.40. The van der Waals surface area contributed by atoms with Gasteiger partial charge in [0.15, 0.2) is 43.9 Å². The Hall–Kier alpha value is -5.53. The van der Waals surface area contributed by atoms with Crippen molar-refractivity contribution in [1.29, 1.82) is 0 Å². The van der Waals surface area contributed by atoms with Crippen molar-refractivity contribution >= 4 is 64.0 Å². The average molecular weight is 1030 g/mol. The lowest BCUT2D eigenvalue weighted by atomic mass is 10.1. The number of benzene rings is 2. The molecule has 1 amide bonds. The number of carbonyl (C=O) groups is 1. The Kier molecular flexibility index (Phi) is 16.3. The van der Waals surface area contributed by atoms with Crippen molar-refractivity contribution in [3.05, 3.63) is 95.1 Å². The van der Waals surface area contributed by atoms with Gasteiger partial charge in [-0.15, -0.1) is 5.10 Å². The van der Waals surface area contributed by atoms with E-state index in [0.717, 1.165) is 11.9 Å². The third kappa shape index (κ3) is 11.3. The smallest absolute Gasteiger partial charge is 0.408 e. The number of hydrogen-bond acceptors (Lipinski definition) is 19. The molecule has 0 spiro atoms. The van der Waals surface area contributed by atoms with E-state index in [1.165, 1.54) is 15.6 Å². The number of aryl methyl sites for hydroxylation is 1. The van der Waals surface area contributed by atoms with E-state index in [1.54, 1.807) is 42.5 Å². The van der Waals surface area contributed by atoms with Crippen LogP contribution in [0.1, 0.15) is 49.1 Å². The van der Waals surface area contributed by atoms with Gasteiger partial charge in [-0.05, 0) is 48.8 Å². The number of amides is 1. The van der Waals surface area contributed by atoms with Crippen LogP contribution in [0.2, 0.25) is 18.1 Å². The van der Waals surface area contributed by atoms with Gasteiger partial charge in [-0.2, -0.15) is 9.59 Å². The highest BCUT2D eigenvalue weighted by Crippen LogP contribution is 2.59. The summed E-state index contributed by atoms with van der Waals surface area (Å²) >= 11 is 0. The Morgan fingerprint density at radius 1 is 0.900 bits per heavy atom. The molecule has 28 heteroatoms. The Morgan fingerprint density at radius 3 is 2.17 bits per heavy atom. The van der Waals surface area contributed by atoms with Crippen LogP contribution in [0.15, 0.2) is 61.2 Å². The summed E-state index contributed by atoms with van der Waals surface area (Å²) in [6.45, 7) is 23.9. The van der Waals surface area contributed by atoms with Gasteiger partial charge in [0, 0.05) is 5.56 Å². The van der Waals surface area contributed by atoms with Crippen molar-refractivity contribution in [2.24, 2.45) is 0 Å². The molecule has 372 valence electrons. The number of nitrogens with zero attached hydrogens (tertiary/aromatic N) is 9. The number of hydrogen-bond donors (Lipinski definition) is 1. The first-order valence-electron chi connectivity index (χ1n) is 21.6. The fraction of sp³-hybridized carbons (Fsp3) is 0.500. The second-order valence-electron chi connectivity index (χ2n) is 17.4. The van der Waals surface area contributed by atoms with Crippen LogP contribution in [0.4, 0.5) is 10.2 Å². The molecular formula is C42H49FN10O14P2Si. The summed E-state index contributed by atoms with van der Waals surface area (Å²) in [7, 11) is -12.6. The van der Waals surface area contributed by atoms with E-state index < -0.39 is 105 Å². The van der Waals surface area contributed by atoms with Gasteiger partial charge in [-0.3, -0.25) is 36.5 Å². The molecule has 1 N–H and O–H groups in total. The average Bonchev–Trinajstić information content (AvgIpc) is 4.10. The summed E-state index contributed by atoms with van der Waals surface area (Å²) in [6.07, 6.45) is -9.58. The summed E-state index contributed by atoms with van der Waals surface area (Å²) in [5.74, 6) is -0.463. The standard InChI is InChI=1S/C41H49FN10O12P2Si.CO2/c1-25-13-12-16-27-31(25)49-50-52(27)40-35-34(64-67(7,8)41(2,3)4)29(61-40)22-59-65(54,56-19-17-43-5)62-33-28(21-58-66(55,63-35)57-20-18-44-6)60-39(30(33)42)51-24-47-32-36(45-23-46-37(32)51)48-38(53)26-14-10-9-11-15-26;2-1-3/h9-16,23-24,28-30,33-35,39-40H,17-22H2,1-4,7-8H3,(H,45,46,48,53);/t28-,29-,30-,33-,34-,35-,39-,40-,65?,66?;/m1./s1. The number of phosphoric ester groups is 2. The summed E-state index contributed by atoms with van der Waals surface area (Å²) in [5.41, 5.74) is 2.35. The van der Waals surface area contributed by atoms with Crippen LogP contribution >= 0.6 is 15.6 Å². The molecule has 3 fully saturated rings. The molecule has 5 aromatic rings. The fourth-order valence-corrected chi connectivity index (χ4v) is 11.4. The molecule has 3 aliphatic rings. The van der Waals surface area contributed by atoms with Crippen LogP contribution in [0.25, 0.3) is 31.9 Å². The van der Waals surface area contributed by atoms with Gasteiger partial charge in [0.1, 0.15) is 55.6 Å². The molecule has 8 rings (SSSR count). The van der Waals surface area contributed by atoms with Crippen LogP contribution in [-0.4, -0.2) is 131 Å². The number of carbonyl (C=O) groups excluding carboxylic acids is 3. The molecule has 24 nitrogen and oxygen atoms in total. The van der Waals surface area contributed by atoms with E-state index in [-0.39, 0.29) is 41.3 Å². The molecule has 3 saturated heterocycles. The highest BCUT2D eigenvalue weighted by molar-refractivity contribution is 7.48. The Morgan fingerprint density at radius 2 is 1.53 bits per heavy atom. The van der Waals surface area contributed by atoms with Crippen LogP contribution in [0.5, 0.6) is 0 Å². The van der Waals surface area contributed by atoms with Crippen LogP contribution < -0.4 is 5.32 Å². The van der Waals surface area contributed by atoms with Gasteiger partial charge in [-0.1, -0.05) is 56.3 Å². The van der Waals surface area contributed by atoms with Crippen molar-refractivity contribution in [2.75, 3.05) is 44.8 Å². The van der Waals surface area contributed by atoms with Gasteiger partial charge in [0.2, 0.25) is 13.1 Å². The maximum absolute atomic E-state index is 17.2. The first kappa shape index (κ1) is 52.3. The Bertz CT molecular complexity index is 2890. The van der Waals surface area contributed by atoms with E-state index in [1.807, 2.05) is 46.9 Å². The number of phosphoric acid groups is 2. The zero-order valence-corrected chi connectivity index (χ0v) is 41.4. The molecule has 70 heavy (non-hydrogen) atoms. The van der Waals surface area contributed by atoms with E-state index in [0.29, 0.717) is 16.6 Å². The van der Waals surface area contributed by atoms with Gasteiger partial charge < -0.3 is 28.9 Å². The lowest BCUT2D eigenvalue weighted by Crippen LogP contribution is -2.50. The zero-order valence-electron chi connectivity index (χ0n) is 38.6. The number of anilines is 1. The van der Waals surface area contributed by atoms with Crippen molar-refractivity contribution in [3.63, 3.8) is 0 Å². The molecule has 2 aromatic carbocycles. The summed E-state index contributed by atoms with van der Waals surface area (Å²) in [5, 5.41) is 11.1. The van der Waals surface area contributed by atoms with Gasteiger partial charge in [-0.25, -0.2) is 46.3 Å². The van der Waals surface area contributed by atoms with Crippen LogP contribution in [0.3, 0.4) is 0 Å². The normalized spacial score (nSPS) is 28.2. The number of alkyl halides is 1. The lowest BCUT2D eigenvalue weighted by molar-refractivity contribution is -0.191. The maximum Gasteiger partial charge on any atom is 0.475 e. The first-order chi connectivity index (χ1) is 33.4. The number of halogens is 1. The molecule has 2 bridgehead atoms. The fourth-order valence-electron chi connectivity index (χ4n) is 7.40. The predicted molar refractivity (Wildman–Crippen MR) is 243 cm³/mol. The summed E-state index contributed by atoms with van der Waals surface area (Å²) in [6, 6.07) is 13.8. The number of imidazole rings is 1. The summed E-state index contributed by atoms with van der Waals surface area (Å²) < 4.78 is 106. The van der Waals surface area contributed by atoms with E-state index in [4.69, 9.17) is 63.8 Å². The molecule has 0 saturated carbocycles. The number of ether oxygens (including phenoxy) is 2. The topological polar surface area (TPSA) is 263 Å². The molecule has 3 aromatic heterocycles. The van der Waals surface area contributed by atoms with Crippen molar-refractivity contribution in [1.82, 2.24) is 34.5 Å². The predicted octanol–water partition coefficient (Wildman–Crippen LogP) is 6.68. The van der Waals surface area contributed by atoms with Gasteiger partial charge >= 0.3 is 21.8 Å². The minimum Gasteiger partial charge on any atom is -0.408 e.